The lowest BCUT2D eigenvalue weighted by Crippen LogP contribution is -2.42. The Hall–Kier alpha value is -2.97. The predicted octanol–water partition coefficient (Wildman–Crippen LogP) is 0.751. The quantitative estimate of drug-likeness (QED) is 0.698. The molecular formula is C21H26N4O5. The number of aromatic nitrogens is 1. The smallest absolute Gasteiger partial charge is 0.308 e. The molecule has 0 aromatic carbocycles. The molecule has 2 N–H and O–H groups in total. The van der Waals surface area contributed by atoms with Gasteiger partial charge >= 0.3 is 5.97 Å². The number of likely N-dealkylation sites (tertiary alicyclic amines) is 1. The zero-order valence-electron chi connectivity index (χ0n) is 16.7. The molecule has 3 aliphatic heterocycles. The molecule has 1 aromatic rings. The number of rotatable bonds is 4. The SMILES string of the molecule is O=C1CCC(c2ccc(N3CCC(C(=O)N4CCC(C(=O)O)C4)CC3)nc2)C(=O)N1. The summed E-state index contributed by atoms with van der Waals surface area (Å²) in [5, 5.41) is 11.5. The van der Waals surface area contributed by atoms with Crippen LogP contribution < -0.4 is 10.2 Å². The Morgan fingerprint density at radius 1 is 1.03 bits per heavy atom. The minimum Gasteiger partial charge on any atom is -0.481 e. The number of hydrogen-bond acceptors (Lipinski definition) is 6. The molecule has 0 radical (unpaired) electrons. The fourth-order valence-electron chi connectivity index (χ4n) is 4.58. The number of amides is 3. The van der Waals surface area contributed by atoms with Gasteiger partial charge in [-0.25, -0.2) is 4.98 Å². The van der Waals surface area contributed by atoms with E-state index in [-0.39, 0.29) is 29.6 Å². The molecule has 3 aliphatic rings. The van der Waals surface area contributed by atoms with Gasteiger partial charge in [-0.1, -0.05) is 6.07 Å². The van der Waals surface area contributed by atoms with Crippen LogP contribution in [-0.4, -0.2) is 64.9 Å². The average Bonchev–Trinajstić information content (AvgIpc) is 3.24. The number of piperidine rings is 2. The fraction of sp³-hybridized carbons (Fsp3) is 0.571. The Kier molecular flexibility index (Phi) is 5.69. The van der Waals surface area contributed by atoms with E-state index in [9.17, 15) is 19.2 Å². The third-order valence-electron chi connectivity index (χ3n) is 6.43. The third-order valence-corrected chi connectivity index (χ3v) is 6.43. The topological polar surface area (TPSA) is 120 Å². The summed E-state index contributed by atoms with van der Waals surface area (Å²) in [6.07, 6.45) is 4.49. The lowest BCUT2D eigenvalue weighted by molar-refractivity contribution is -0.142. The number of aliphatic carboxylic acids is 1. The molecule has 4 heterocycles. The van der Waals surface area contributed by atoms with Gasteiger partial charge in [0.1, 0.15) is 5.82 Å². The van der Waals surface area contributed by atoms with Crippen molar-refractivity contribution in [1.82, 2.24) is 15.2 Å². The van der Waals surface area contributed by atoms with E-state index in [0.29, 0.717) is 58.3 Å². The summed E-state index contributed by atoms with van der Waals surface area (Å²) in [5.41, 5.74) is 0.802. The van der Waals surface area contributed by atoms with E-state index in [0.717, 1.165) is 11.4 Å². The van der Waals surface area contributed by atoms with Crippen molar-refractivity contribution in [3.63, 3.8) is 0 Å². The maximum Gasteiger partial charge on any atom is 0.308 e. The van der Waals surface area contributed by atoms with E-state index in [2.05, 4.69) is 15.2 Å². The van der Waals surface area contributed by atoms with Gasteiger partial charge in [-0.2, -0.15) is 0 Å². The molecule has 2 unspecified atom stereocenters. The highest BCUT2D eigenvalue weighted by Gasteiger charge is 2.35. The lowest BCUT2D eigenvalue weighted by Gasteiger charge is -2.34. The van der Waals surface area contributed by atoms with Gasteiger partial charge in [0.2, 0.25) is 17.7 Å². The van der Waals surface area contributed by atoms with Crippen molar-refractivity contribution in [2.75, 3.05) is 31.1 Å². The van der Waals surface area contributed by atoms with E-state index < -0.39 is 11.9 Å². The first-order chi connectivity index (χ1) is 14.4. The molecule has 0 spiro atoms. The minimum atomic E-state index is -0.827. The normalized spacial score (nSPS) is 25.3. The van der Waals surface area contributed by atoms with E-state index >= 15 is 0 Å². The van der Waals surface area contributed by atoms with Crippen LogP contribution in [0, 0.1) is 11.8 Å². The standard InChI is InChI=1S/C21H26N4O5/c26-18-4-2-16(19(27)23-18)14-1-3-17(22-11-14)24-8-5-13(6-9-24)20(28)25-10-7-15(12-25)21(29)30/h1,3,11,13,15-16H,2,4-10,12H2,(H,29,30)(H,23,26,27). The molecule has 2 atom stereocenters. The van der Waals surface area contributed by atoms with Crippen LogP contribution in [0.2, 0.25) is 0 Å². The van der Waals surface area contributed by atoms with Crippen molar-refractivity contribution in [3.05, 3.63) is 23.9 Å². The molecule has 30 heavy (non-hydrogen) atoms. The molecule has 1 aromatic heterocycles. The fourth-order valence-corrected chi connectivity index (χ4v) is 4.58. The summed E-state index contributed by atoms with van der Waals surface area (Å²) in [4.78, 5) is 55.5. The van der Waals surface area contributed by atoms with Gasteiger partial charge < -0.3 is 14.9 Å². The zero-order valence-corrected chi connectivity index (χ0v) is 16.7. The Morgan fingerprint density at radius 3 is 2.37 bits per heavy atom. The Morgan fingerprint density at radius 2 is 1.77 bits per heavy atom. The molecule has 0 saturated carbocycles. The number of carboxylic acids is 1. The maximum absolute atomic E-state index is 12.7. The van der Waals surface area contributed by atoms with Crippen LogP contribution in [0.3, 0.4) is 0 Å². The average molecular weight is 414 g/mol. The van der Waals surface area contributed by atoms with Crippen molar-refractivity contribution >= 4 is 29.5 Å². The van der Waals surface area contributed by atoms with Gasteiger partial charge in [0.05, 0.1) is 11.8 Å². The molecule has 3 saturated heterocycles. The summed E-state index contributed by atoms with van der Waals surface area (Å²) in [6, 6.07) is 3.77. The lowest BCUT2D eigenvalue weighted by atomic mass is 9.91. The number of carboxylic acid groups (broad SMARTS) is 1. The largest absolute Gasteiger partial charge is 0.481 e. The number of imide groups is 1. The van der Waals surface area contributed by atoms with Crippen LogP contribution in [0.15, 0.2) is 18.3 Å². The van der Waals surface area contributed by atoms with Crippen molar-refractivity contribution in [2.45, 2.75) is 38.0 Å². The van der Waals surface area contributed by atoms with Crippen LogP contribution in [-0.2, 0) is 19.2 Å². The van der Waals surface area contributed by atoms with E-state index in [1.807, 2.05) is 12.1 Å². The minimum absolute atomic E-state index is 0.0690. The second-order valence-corrected chi connectivity index (χ2v) is 8.32. The summed E-state index contributed by atoms with van der Waals surface area (Å²) in [5.74, 6) is -1.31. The summed E-state index contributed by atoms with van der Waals surface area (Å²) in [6.45, 7) is 2.26. The van der Waals surface area contributed by atoms with Gasteiger partial charge in [-0.3, -0.25) is 24.5 Å². The summed E-state index contributed by atoms with van der Waals surface area (Å²) >= 11 is 0. The predicted molar refractivity (Wildman–Crippen MR) is 107 cm³/mol. The number of carbonyl (C=O) groups excluding carboxylic acids is 3. The Labute approximate surface area is 174 Å². The number of nitrogens with zero attached hydrogens (tertiary/aromatic N) is 3. The van der Waals surface area contributed by atoms with Crippen molar-refractivity contribution in [3.8, 4) is 0 Å². The van der Waals surface area contributed by atoms with Gasteiger partial charge in [0, 0.05) is 44.7 Å². The highest BCUT2D eigenvalue weighted by Crippen LogP contribution is 2.28. The highest BCUT2D eigenvalue weighted by molar-refractivity contribution is 6.00. The Balaban J connectivity index is 1.31. The van der Waals surface area contributed by atoms with Gasteiger partial charge in [0.25, 0.3) is 0 Å². The zero-order chi connectivity index (χ0) is 21.3. The second kappa shape index (κ2) is 8.41. The molecule has 4 rings (SSSR count). The monoisotopic (exact) mass is 414 g/mol. The van der Waals surface area contributed by atoms with Gasteiger partial charge in [-0.15, -0.1) is 0 Å². The first-order valence-electron chi connectivity index (χ1n) is 10.5. The molecule has 9 nitrogen and oxygen atoms in total. The van der Waals surface area contributed by atoms with Crippen LogP contribution in [0.25, 0.3) is 0 Å². The second-order valence-electron chi connectivity index (χ2n) is 8.32. The number of pyridine rings is 1. The van der Waals surface area contributed by atoms with E-state index in [4.69, 9.17) is 5.11 Å². The van der Waals surface area contributed by atoms with E-state index in [1.54, 1.807) is 11.1 Å². The molecule has 0 bridgehead atoms. The van der Waals surface area contributed by atoms with Crippen molar-refractivity contribution in [2.24, 2.45) is 11.8 Å². The summed E-state index contributed by atoms with van der Waals surface area (Å²) in [7, 11) is 0. The van der Waals surface area contributed by atoms with E-state index in [1.165, 1.54) is 0 Å². The van der Waals surface area contributed by atoms with Crippen molar-refractivity contribution in [1.29, 1.82) is 0 Å². The van der Waals surface area contributed by atoms with Crippen LogP contribution >= 0.6 is 0 Å². The molecule has 3 amide bonds. The number of carbonyl (C=O) groups is 4. The van der Waals surface area contributed by atoms with Gasteiger partial charge in [-0.05, 0) is 37.3 Å². The number of nitrogens with one attached hydrogen (secondary N) is 1. The summed E-state index contributed by atoms with van der Waals surface area (Å²) < 4.78 is 0. The molecule has 9 heteroatoms. The maximum atomic E-state index is 12.7. The molecule has 0 aliphatic carbocycles. The first kappa shape index (κ1) is 20.3. The first-order valence-corrected chi connectivity index (χ1v) is 10.5. The number of anilines is 1. The van der Waals surface area contributed by atoms with Crippen LogP contribution in [0.1, 0.15) is 43.6 Å². The van der Waals surface area contributed by atoms with Crippen LogP contribution in [0.4, 0.5) is 5.82 Å². The highest BCUT2D eigenvalue weighted by atomic mass is 16.4. The van der Waals surface area contributed by atoms with Crippen molar-refractivity contribution < 1.29 is 24.3 Å². The van der Waals surface area contributed by atoms with Gasteiger partial charge in [0.15, 0.2) is 0 Å². The number of hydrogen-bond donors (Lipinski definition) is 2. The van der Waals surface area contributed by atoms with Crippen LogP contribution in [0.5, 0.6) is 0 Å². The molecule has 160 valence electrons. The third kappa shape index (κ3) is 4.15. The Bertz CT molecular complexity index is 847. The molecule has 3 fully saturated rings. The molecular weight excluding hydrogens is 388 g/mol.